The van der Waals surface area contributed by atoms with Crippen molar-refractivity contribution in [1.29, 1.82) is 0 Å². The fourth-order valence-electron chi connectivity index (χ4n) is 5.30. The van der Waals surface area contributed by atoms with E-state index in [0.29, 0.717) is 24.0 Å². The highest BCUT2D eigenvalue weighted by Crippen LogP contribution is 2.62. The third kappa shape index (κ3) is 3.31. The van der Waals surface area contributed by atoms with Crippen LogP contribution >= 0.6 is 0 Å². The van der Waals surface area contributed by atoms with Gasteiger partial charge in [0.2, 0.25) is 0 Å². The lowest BCUT2D eigenvalue weighted by atomic mass is 9.76. The highest BCUT2D eigenvalue weighted by molar-refractivity contribution is 5.86. The summed E-state index contributed by atoms with van der Waals surface area (Å²) < 4.78 is 11.2. The Morgan fingerprint density at radius 2 is 1.58 bits per heavy atom. The van der Waals surface area contributed by atoms with E-state index >= 15 is 0 Å². The van der Waals surface area contributed by atoms with Crippen molar-refractivity contribution in [3.63, 3.8) is 0 Å². The van der Waals surface area contributed by atoms with E-state index in [9.17, 15) is 4.79 Å². The smallest absolute Gasteiger partial charge is 0.333 e. The summed E-state index contributed by atoms with van der Waals surface area (Å²) in [5, 5.41) is 0. The number of allylic oxidation sites excluding steroid dienone is 1. The van der Waals surface area contributed by atoms with Crippen molar-refractivity contribution in [2.45, 2.75) is 39.5 Å². The second-order valence-corrected chi connectivity index (χ2v) is 8.21. The van der Waals surface area contributed by atoms with Crippen molar-refractivity contribution in [3.05, 3.63) is 36.6 Å². The van der Waals surface area contributed by atoms with Crippen LogP contribution in [0.25, 0.3) is 0 Å². The predicted molar refractivity (Wildman–Crippen MR) is 95.1 cm³/mol. The molecule has 6 atom stereocenters. The topological polar surface area (TPSA) is 35.5 Å². The van der Waals surface area contributed by atoms with Gasteiger partial charge in [0, 0.05) is 5.57 Å². The summed E-state index contributed by atoms with van der Waals surface area (Å²) >= 11 is 0. The van der Waals surface area contributed by atoms with Crippen molar-refractivity contribution in [3.8, 4) is 0 Å². The van der Waals surface area contributed by atoms with Crippen molar-refractivity contribution in [2.24, 2.45) is 35.5 Å². The van der Waals surface area contributed by atoms with Crippen LogP contribution in [0.1, 0.15) is 39.5 Å². The van der Waals surface area contributed by atoms with Gasteiger partial charge in [0.05, 0.1) is 13.2 Å². The summed E-state index contributed by atoms with van der Waals surface area (Å²) in [6, 6.07) is 0. The number of hydrogen-bond acceptors (Lipinski definition) is 3. The molecule has 0 spiro atoms. The van der Waals surface area contributed by atoms with Crippen LogP contribution in [0.15, 0.2) is 36.6 Å². The maximum Gasteiger partial charge on any atom is 0.333 e. The quantitative estimate of drug-likeness (QED) is 0.298. The molecule has 0 N–H and O–H groups in total. The van der Waals surface area contributed by atoms with Gasteiger partial charge in [0.15, 0.2) is 0 Å². The Morgan fingerprint density at radius 3 is 2.25 bits per heavy atom. The molecule has 3 aliphatic carbocycles. The number of ether oxygens (including phenoxy) is 2. The molecule has 3 fully saturated rings. The van der Waals surface area contributed by atoms with Crippen molar-refractivity contribution >= 4 is 5.97 Å². The average molecular weight is 330 g/mol. The molecule has 0 aliphatic heterocycles. The monoisotopic (exact) mass is 330 g/mol. The van der Waals surface area contributed by atoms with Crippen molar-refractivity contribution in [2.75, 3.05) is 13.2 Å². The molecule has 3 rings (SSSR count). The third-order valence-electron chi connectivity index (χ3n) is 6.45. The Bertz CT molecular complexity index is 561. The Kier molecular flexibility index (Phi) is 4.89. The van der Waals surface area contributed by atoms with E-state index in [1.54, 1.807) is 6.92 Å². The molecule has 2 bridgehead atoms. The van der Waals surface area contributed by atoms with Crippen LogP contribution in [-0.2, 0) is 14.3 Å². The van der Waals surface area contributed by atoms with Gasteiger partial charge in [-0.15, -0.1) is 0 Å². The predicted octanol–water partition coefficient (Wildman–Crippen LogP) is 4.51. The minimum Gasteiger partial charge on any atom is -0.494 e. The molecule has 0 aromatic carbocycles. The summed E-state index contributed by atoms with van der Waals surface area (Å²) in [7, 11) is 0. The summed E-state index contributed by atoms with van der Waals surface area (Å²) in [6.45, 7) is 16.4. The molecule has 132 valence electrons. The second kappa shape index (κ2) is 6.78. The lowest BCUT2D eigenvalue weighted by Gasteiger charge is -2.31. The van der Waals surface area contributed by atoms with Gasteiger partial charge >= 0.3 is 5.97 Å². The van der Waals surface area contributed by atoms with Gasteiger partial charge in [-0.1, -0.05) is 19.7 Å². The number of carbonyl (C=O) groups excluding carboxylic acids is 1. The van der Waals surface area contributed by atoms with Crippen LogP contribution in [0, 0.1) is 35.5 Å². The van der Waals surface area contributed by atoms with Crippen LogP contribution in [-0.4, -0.2) is 19.2 Å². The van der Waals surface area contributed by atoms with E-state index in [-0.39, 0.29) is 5.97 Å². The Hall–Kier alpha value is -1.51. The molecule has 0 aromatic rings. The van der Waals surface area contributed by atoms with E-state index in [1.807, 2.05) is 6.92 Å². The van der Waals surface area contributed by atoms with Crippen LogP contribution in [0.5, 0.6) is 0 Å². The molecule has 24 heavy (non-hydrogen) atoms. The zero-order valence-corrected chi connectivity index (χ0v) is 15.1. The molecular weight excluding hydrogens is 300 g/mol. The molecule has 3 aliphatic rings. The molecule has 0 radical (unpaired) electrons. The third-order valence-corrected chi connectivity index (χ3v) is 6.45. The Morgan fingerprint density at radius 1 is 0.875 bits per heavy atom. The number of hydrogen-bond donors (Lipinski definition) is 0. The Labute approximate surface area is 145 Å². The van der Waals surface area contributed by atoms with E-state index < -0.39 is 0 Å². The van der Waals surface area contributed by atoms with Gasteiger partial charge in [-0.3, -0.25) is 0 Å². The van der Waals surface area contributed by atoms with Gasteiger partial charge in [-0.25, -0.2) is 4.79 Å². The van der Waals surface area contributed by atoms with Gasteiger partial charge in [0.25, 0.3) is 0 Å². The fourth-order valence-corrected chi connectivity index (χ4v) is 5.30. The van der Waals surface area contributed by atoms with Gasteiger partial charge in [-0.05, 0) is 80.6 Å². The molecule has 3 nitrogen and oxygen atoms in total. The first kappa shape index (κ1) is 17.3. The number of carbonyl (C=O) groups is 1. The molecule has 6 unspecified atom stereocenters. The summed E-state index contributed by atoms with van der Waals surface area (Å²) in [4.78, 5) is 11.6. The molecule has 0 saturated heterocycles. The molecule has 0 amide bonds. The highest BCUT2D eigenvalue weighted by Gasteiger charge is 2.55. The molecule has 0 heterocycles. The lowest BCUT2D eigenvalue weighted by Crippen LogP contribution is -2.28. The summed E-state index contributed by atoms with van der Waals surface area (Å²) in [6.07, 6.45) is 5.09. The van der Waals surface area contributed by atoms with Crippen LogP contribution in [0.2, 0.25) is 0 Å². The van der Waals surface area contributed by atoms with Gasteiger partial charge < -0.3 is 9.47 Å². The van der Waals surface area contributed by atoms with Gasteiger partial charge in [-0.2, -0.15) is 0 Å². The first-order valence-electron chi connectivity index (χ1n) is 9.17. The summed E-state index contributed by atoms with van der Waals surface area (Å²) in [5.74, 6) is 4.86. The van der Waals surface area contributed by atoms with E-state index in [4.69, 9.17) is 9.47 Å². The number of rotatable bonds is 7. The van der Waals surface area contributed by atoms with Crippen LogP contribution < -0.4 is 0 Å². The number of esters is 1. The SMILES string of the molecule is C=C(C)C(=C)OCC1CC2C3CC(COC(=O)C(=C)C)C(C3)C2C1. The van der Waals surface area contributed by atoms with Crippen LogP contribution in [0.4, 0.5) is 0 Å². The molecule has 0 aromatic heterocycles. The summed E-state index contributed by atoms with van der Waals surface area (Å²) in [5.41, 5.74) is 1.40. The van der Waals surface area contributed by atoms with Crippen molar-refractivity contribution in [1.82, 2.24) is 0 Å². The highest BCUT2D eigenvalue weighted by atomic mass is 16.5. The minimum atomic E-state index is -0.245. The fraction of sp³-hybridized carbons (Fsp3) is 0.667. The maximum absolute atomic E-state index is 11.6. The lowest BCUT2D eigenvalue weighted by molar-refractivity contribution is -0.141. The Balaban J connectivity index is 1.50. The molecule has 3 heteroatoms. The van der Waals surface area contributed by atoms with E-state index in [2.05, 4.69) is 19.7 Å². The van der Waals surface area contributed by atoms with Crippen molar-refractivity contribution < 1.29 is 14.3 Å². The zero-order chi connectivity index (χ0) is 17.4. The van der Waals surface area contributed by atoms with E-state index in [0.717, 1.165) is 41.6 Å². The van der Waals surface area contributed by atoms with E-state index in [1.165, 1.54) is 25.7 Å². The molecular formula is C21H30O3. The maximum atomic E-state index is 11.6. The first-order valence-corrected chi connectivity index (χ1v) is 9.17. The standard InChI is InChI=1S/C21H30O3/c1-12(2)14(5)23-10-15-6-18-16-8-17(11-24-21(22)13(3)4)19(9-16)20(18)7-15/h15-20H,1,3,5-11H2,2,4H3. The zero-order valence-electron chi connectivity index (χ0n) is 15.1. The largest absolute Gasteiger partial charge is 0.494 e. The van der Waals surface area contributed by atoms with Gasteiger partial charge in [0.1, 0.15) is 5.76 Å². The normalized spacial score (nSPS) is 36.2. The average Bonchev–Trinajstić information content (AvgIpc) is 3.20. The molecule has 3 saturated carbocycles. The number of fused-ring (bicyclic) bond motifs is 5. The first-order chi connectivity index (χ1) is 11.4. The van der Waals surface area contributed by atoms with Crippen LogP contribution in [0.3, 0.4) is 0 Å². The minimum absolute atomic E-state index is 0.245. The second-order valence-electron chi connectivity index (χ2n) is 8.21.